The lowest BCUT2D eigenvalue weighted by molar-refractivity contribution is 0.0955. The van der Waals surface area contributed by atoms with Gasteiger partial charge in [0.25, 0.3) is 5.91 Å². The number of hydrogen-bond donors (Lipinski definition) is 2. The van der Waals surface area contributed by atoms with E-state index in [1.54, 1.807) is 6.92 Å². The van der Waals surface area contributed by atoms with Crippen molar-refractivity contribution in [2.45, 2.75) is 6.92 Å². The number of hydrazone groups is 1. The second-order valence-corrected chi connectivity index (χ2v) is 4.49. The molecule has 0 atom stereocenters. The maximum Gasteiger partial charge on any atom is 0.271 e. The standard InChI is InChI=1S/C17H16N2O2/c1-13(7-8-14-5-3-2-4-6-14)18-19-17(21)15-9-11-16(20)12-10-15/h2-12,20H,1H3,(H,19,21)/b8-7+,18-13?. The van der Waals surface area contributed by atoms with Gasteiger partial charge in [0.05, 0.1) is 5.71 Å². The van der Waals surface area contributed by atoms with Crippen LogP contribution >= 0.6 is 0 Å². The van der Waals surface area contributed by atoms with Crippen LogP contribution in [-0.2, 0) is 0 Å². The van der Waals surface area contributed by atoms with Crippen LogP contribution in [0.3, 0.4) is 0 Å². The van der Waals surface area contributed by atoms with Gasteiger partial charge in [0.15, 0.2) is 0 Å². The van der Waals surface area contributed by atoms with Gasteiger partial charge < -0.3 is 5.11 Å². The summed E-state index contributed by atoms with van der Waals surface area (Å²) < 4.78 is 0. The Morgan fingerprint density at radius 2 is 1.76 bits per heavy atom. The number of benzene rings is 2. The molecule has 0 radical (unpaired) electrons. The third-order valence-corrected chi connectivity index (χ3v) is 2.78. The molecule has 4 nitrogen and oxygen atoms in total. The monoisotopic (exact) mass is 280 g/mol. The van der Waals surface area contributed by atoms with Crippen LogP contribution < -0.4 is 5.43 Å². The Hall–Kier alpha value is -2.88. The number of phenols is 1. The van der Waals surface area contributed by atoms with Gasteiger partial charge in [0.2, 0.25) is 0 Å². The maximum atomic E-state index is 11.8. The predicted octanol–water partition coefficient (Wildman–Crippen LogP) is 3.21. The Kier molecular flexibility index (Phi) is 4.88. The molecule has 2 aromatic carbocycles. The number of nitrogens with zero attached hydrogens (tertiary/aromatic N) is 1. The summed E-state index contributed by atoms with van der Waals surface area (Å²) in [6, 6.07) is 15.8. The minimum atomic E-state index is -0.317. The van der Waals surface area contributed by atoms with Gasteiger partial charge in [-0.2, -0.15) is 5.10 Å². The van der Waals surface area contributed by atoms with E-state index in [2.05, 4.69) is 10.5 Å². The summed E-state index contributed by atoms with van der Waals surface area (Å²) in [6.07, 6.45) is 3.75. The van der Waals surface area contributed by atoms with Crippen molar-refractivity contribution in [1.82, 2.24) is 5.43 Å². The molecule has 0 saturated heterocycles. The summed E-state index contributed by atoms with van der Waals surface area (Å²) in [6.45, 7) is 1.80. The Labute approximate surface area is 123 Å². The van der Waals surface area contributed by atoms with Gasteiger partial charge in [-0.05, 0) is 42.8 Å². The van der Waals surface area contributed by atoms with E-state index in [4.69, 9.17) is 5.11 Å². The maximum absolute atomic E-state index is 11.8. The molecule has 0 aliphatic carbocycles. The molecule has 2 aromatic rings. The number of nitrogens with one attached hydrogen (secondary N) is 1. The molecule has 0 aliphatic rings. The zero-order valence-electron chi connectivity index (χ0n) is 11.7. The van der Waals surface area contributed by atoms with Crippen LogP contribution in [0.15, 0.2) is 65.8 Å². The van der Waals surface area contributed by atoms with Gasteiger partial charge in [-0.15, -0.1) is 0 Å². The molecule has 0 saturated carbocycles. The summed E-state index contributed by atoms with van der Waals surface area (Å²) in [5.74, 6) is -0.195. The Bertz CT molecular complexity index is 659. The predicted molar refractivity (Wildman–Crippen MR) is 84.2 cm³/mol. The fraction of sp³-hybridized carbons (Fsp3) is 0.0588. The van der Waals surface area contributed by atoms with E-state index in [1.165, 1.54) is 24.3 Å². The Morgan fingerprint density at radius 1 is 1.10 bits per heavy atom. The van der Waals surface area contributed by atoms with Crippen molar-refractivity contribution in [1.29, 1.82) is 0 Å². The summed E-state index contributed by atoms with van der Waals surface area (Å²) in [5, 5.41) is 13.2. The van der Waals surface area contributed by atoms with E-state index in [1.807, 2.05) is 42.5 Å². The van der Waals surface area contributed by atoms with Crippen molar-refractivity contribution >= 4 is 17.7 Å². The van der Waals surface area contributed by atoms with Crippen LogP contribution in [0.2, 0.25) is 0 Å². The van der Waals surface area contributed by atoms with Crippen molar-refractivity contribution in [3.8, 4) is 5.75 Å². The highest BCUT2D eigenvalue weighted by Gasteiger charge is 2.03. The van der Waals surface area contributed by atoms with Crippen molar-refractivity contribution < 1.29 is 9.90 Å². The number of allylic oxidation sites excluding steroid dienone is 1. The lowest BCUT2D eigenvalue weighted by Gasteiger charge is -2.00. The first kappa shape index (κ1) is 14.5. The van der Waals surface area contributed by atoms with E-state index in [9.17, 15) is 4.79 Å². The Balaban J connectivity index is 1.95. The zero-order valence-corrected chi connectivity index (χ0v) is 11.7. The van der Waals surface area contributed by atoms with Crippen LogP contribution in [0, 0.1) is 0 Å². The van der Waals surface area contributed by atoms with Gasteiger partial charge in [-0.1, -0.05) is 36.4 Å². The second kappa shape index (κ2) is 7.05. The highest BCUT2D eigenvalue weighted by Crippen LogP contribution is 2.09. The fourth-order valence-corrected chi connectivity index (χ4v) is 1.63. The van der Waals surface area contributed by atoms with E-state index >= 15 is 0 Å². The largest absolute Gasteiger partial charge is 0.508 e. The highest BCUT2D eigenvalue weighted by atomic mass is 16.3. The van der Waals surface area contributed by atoms with Gasteiger partial charge in [-0.25, -0.2) is 5.43 Å². The first-order valence-electron chi connectivity index (χ1n) is 6.52. The molecule has 0 fully saturated rings. The van der Waals surface area contributed by atoms with Gasteiger partial charge in [0, 0.05) is 5.56 Å². The zero-order chi connectivity index (χ0) is 15.1. The quantitative estimate of drug-likeness (QED) is 0.667. The number of carbonyl (C=O) groups is 1. The molecule has 0 bridgehead atoms. The van der Waals surface area contributed by atoms with Gasteiger partial charge in [0.1, 0.15) is 5.75 Å². The first-order chi connectivity index (χ1) is 10.1. The molecule has 21 heavy (non-hydrogen) atoms. The molecule has 2 N–H and O–H groups in total. The smallest absolute Gasteiger partial charge is 0.271 e. The number of hydrogen-bond acceptors (Lipinski definition) is 3. The van der Waals surface area contributed by atoms with Crippen molar-refractivity contribution in [2.75, 3.05) is 0 Å². The van der Waals surface area contributed by atoms with E-state index in [0.717, 1.165) is 5.56 Å². The van der Waals surface area contributed by atoms with Crippen LogP contribution in [0.1, 0.15) is 22.8 Å². The second-order valence-electron chi connectivity index (χ2n) is 4.49. The van der Waals surface area contributed by atoms with E-state index in [0.29, 0.717) is 11.3 Å². The lowest BCUT2D eigenvalue weighted by atomic mass is 10.2. The van der Waals surface area contributed by atoms with Gasteiger partial charge in [-0.3, -0.25) is 4.79 Å². The minimum Gasteiger partial charge on any atom is -0.508 e. The van der Waals surface area contributed by atoms with E-state index in [-0.39, 0.29) is 11.7 Å². The average molecular weight is 280 g/mol. The van der Waals surface area contributed by atoms with Crippen molar-refractivity contribution in [3.63, 3.8) is 0 Å². The van der Waals surface area contributed by atoms with Crippen LogP contribution in [0.4, 0.5) is 0 Å². The molecule has 0 spiro atoms. The normalized spacial score (nSPS) is 11.6. The third-order valence-electron chi connectivity index (χ3n) is 2.78. The van der Waals surface area contributed by atoms with Gasteiger partial charge >= 0.3 is 0 Å². The van der Waals surface area contributed by atoms with Crippen molar-refractivity contribution in [3.05, 3.63) is 71.8 Å². The topological polar surface area (TPSA) is 61.7 Å². The summed E-state index contributed by atoms with van der Waals surface area (Å²) in [5.41, 5.74) is 4.66. The molecule has 2 rings (SSSR count). The minimum absolute atomic E-state index is 0.122. The summed E-state index contributed by atoms with van der Waals surface area (Å²) in [7, 11) is 0. The molecule has 0 unspecified atom stereocenters. The number of rotatable bonds is 4. The van der Waals surface area contributed by atoms with Crippen LogP contribution in [0.25, 0.3) is 6.08 Å². The summed E-state index contributed by atoms with van der Waals surface area (Å²) in [4.78, 5) is 11.8. The average Bonchev–Trinajstić information content (AvgIpc) is 2.52. The molecule has 0 aromatic heterocycles. The molecule has 106 valence electrons. The molecule has 0 heterocycles. The molecule has 0 aliphatic heterocycles. The van der Waals surface area contributed by atoms with E-state index < -0.39 is 0 Å². The van der Waals surface area contributed by atoms with Crippen LogP contribution in [-0.4, -0.2) is 16.7 Å². The molecule has 4 heteroatoms. The molecular weight excluding hydrogens is 264 g/mol. The fourth-order valence-electron chi connectivity index (χ4n) is 1.63. The number of carbonyl (C=O) groups excluding carboxylic acids is 1. The SMILES string of the molecule is CC(/C=C/c1ccccc1)=NNC(=O)c1ccc(O)cc1. The third kappa shape index (κ3) is 4.62. The Morgan fingerprint density at radius 3 is 2.43 bits per heavy atom. The number of phenolic OH excluding ortho intramolecular Hbond substituents is 1. The highest BCUT2D eigenvalue weighted by molar-refractivity contribution is 5.99. The lowest BCUT2D eigenvalue weighted by Crippen LogP contribution is -2.18. The summed E-state index contributed by atoms with van der Waals surface area (Å²) >= 11 is 0. The first-order valence-corrected chi connectivity index (χ1v) is 6.52. The number of aromatic hydroxyl groups is 1. The van der Waals surface area contributed by atoms with Crippen molar-refractivity contribution in [2.24, 2.45) is 5.10 Å². The molecule has 1 amide bonds. The number of amides is 1. The molecular formula is C17H16N2O2. The van der Waals surface area contributed by atoms with Crippen LogP contribution in [0.5, 0.6) is 5.75 Å².